The van der Waals surface area contributed by atoms with Crippen LogP contribution in [-0.2, 0) is 0 Å². The molecule has 3 nitrogen and oxygen atoms in total. The summed E-state index contributed by atoms with van der Waals surface area (Å²) in [6.45, 7) is 5.83. The molecule has 0 aliphatic heterocycles. The van der Waals surface area contributed by atoms with Gasteiger partial charge in [-0.1, -0.05) is 44.2 Å². The molecule has 0 bridgehead atoms. The van der Waals surface area contributed by atoms with Crippen LogP contribution in [0.4, 0.5) is 0 Å². The van der Waals surface area contributed by atoms with Crippen LogP contribution >= 0.6 is 0 Å². The van der Waals surface area contributed by atoms with Crippen LogP contribution in [-0.4, -0.2) is 11.4 Å². The lowest BCUT2D eigenvalue weighted by Gasteiger charge is -2.18. The number of aliphatic hydroxyl groups is 1. The van der Waals surface area contributed by atoms with Crippen molar-refractivity contribution >= 4 is 6.29 Å². The molecule has 1 atom stereocenters. The van der Waals surface area contributed by atoms with Gasteiger partial charge < -0.3 is 9.84 Å². The average molecular weight is 284 g/mol. The van der Waals surface area contributed by atoms with Crippen molar-refractivity contribution in [3.05, 3.63) is 59.2 Å². The molecule has 0 radical (unpaired) electrons. The number of hydrogen-bond donors (Lipinski definition) is 1. The van der Waals surface area contributed by atoms with E-state index in [0.29, 0.717) is 28.5 Å². The molecule has 110 valence electrons. The molecular weight excluding hydrogens is 264 g/mol. The van der Waals surface area contributed by atoms with E-state index < -0.39 is 6.10 Å². The first-order chi connectivity index (χ1) is 10.0. The number of hydrogen-bond acceptors (Lipinski definition) is 3. The van der Waals surface area contributed by atoms with Gasteiger partial charge in [-0.15, -0.1) is 0 Å². The van der Waals surface area contributed by atoms with Gasteiger partial charge in [-0.3, -0.25) is 4.79 Å². The van der Waals surface area contributed by atoms with Crippen molar-refractivity contribution in [3.8, 4) is 11.5 Å². The summed E-state index contributed by atoms with van der Waals surface area (Å²) in [6.07, 6.45) is 0.0465. The highest BCUT2D eigenvalue weighted by Gasteiger charge is 2.16. The molecule has 2 aromatic rings. The molecule has 0 aliphatic carbocycles. The normalized spacial score (nSPS) is 12.2. The molecule has 0 aromatic heterocycles. The molecule has 0 heterocycles. The molecule has 0 saturated heterocycles. The van der Waals surface area contributed by atoms with Crippen molar-refractivity contribution in [1.82, 2.24) is 0 Å². The Morgan fingerprint density at radius 3 is 2.29 bits per heavy atom. The summed E-state index contributed by atoms with van der Waals surface area (Å²) < 4.78 is 5.99. The van der Waals surface area contributed by atoms with Crippen LogP contribution in [0.1, 0.15) is 54.3 Å². The number of carbonyl (C=O) groups excluding carboxylic acids is 1. The summed E-state index contributed by atoms with van der Waals surface area (Å²) in [5, 5.41) is 9.89. The second kappa shape index (κ2) is 6.55. The first kappa shape index (κ1) is 15.3. The highest BCUT2D eigenvalue weighted by molar-refractivity contribution is 5.80. The minimum Gasteiger partial charge on any atom is -0.456 e. The molecule has 2 aromatic carbocycles. The topological polar surface area (TPSA) is 46.5 Å². The Balaban J connectivity index is 2.51. The third-order valence-corrected chi connectivity index (χ3v) is 3.41. The lowest BCUT2D eigenvalue weighted by atomic mass is 10.0. The van der Waals surface area contributed by atoms with Crippen molar-refractivity contribution < 1.29 is 14.6 Å². The van der Waals surface area contributed by atoms with Crippen LogP contribution in [0.5, 0.6) is 11.5 Å². The van der Waals surface area contributed by atoms with E-state index in [4.69, 9.17) is 4.74 Å². The van der Waals surface area contributed by atoms with Crippen molar-refractivity contribution in [2.45, 2.75) is 32.8 Å². The molecule has 2 rings (SSSR count). The zero-order valence-electron chi connectivity index (χ0n) is 12.5. The van der Waals surface area contributed by atoms with Gasteiger partial charge >= 0.3 is 0 Å². The average Bonchev–Trinajstić information content (AvgIpc) is 2.47. The van der Waals surface area contributed by atoms with E-state index in [1.807, 2.05) is 24.3 Å². The van der Waals surface area contributed by atoms with Gasteiger partial charge in [-0.05, 0) is 30.5 Å². The Morgan fingerprint density at radius 2 is 1.67 bits per heavy atom. The van der Waals surface area contributed by atoms with Crippen molar-refractivity contribution in [1.29, 1.82) is 0 Å². The van der Waals surface area contributed by atoms with E-state index in [9.17, 15) is 9.90 Å². The lowest BCUT2D eigenvalue weighted by Crippen LogP contribution is -2.01. The lowest BCUT2D eigenvalue weighted by molar-refractivity contribution is 0.112. The van der Waals surface area contributed by atoms with Gasteiger partial charge in [-0.25, -0.2) is 0 Å². The van der Waals surface area contributed by atoms with Gasteiger partial charge in [0.1, 0.15) is 11.5 Å². The van der Waals surface area contributed by atoms with E-state index in [1.165, 1.54) is 0 Å². The first-order valence-electron chi connectivity index (χ1n) is 7.07. The molecule has 1 unspecified atom stereocenters. The molecule has 21 heavy (non-hydrogen) atoms. The monoisotopic (exact) mass is 284 g/mol. The Hall–Kier alpha value is -2.13. The summed E-state index contributed by atoms with van der Waals surface area (Å²) in [5.41, 5.74) is 2.11. The number of ether oxygens (including phenoxy) is 1. The van der Waals surface area contributed by atoms with Gasteiger partial charge in [0.25, 0.3) is 0 Å². The first-order valence-corrected chi connectivity index (χ1v) is 7.07. The smallest absolute Gasteiger partial charge is 0.153 e. The standard InChI is InChI=1S/C18H20O3/c1-12(2)15-8-4-5-10-17(15)21-18-14(11-19)7-6-9-16(18)13(3)20/h4-13,20H,1-3H3. The second-order valence-corrected chi connectivity index (χ2v) is 5.35. The van der Waals surface area contributed by atoms with E-state index in [2.05, 4.69) is 13.8 Å². The maximum atomic E-state index is 11.2. The van der Waals surface area contributed by atoms with Crippen molar-refractivity contribution in [2.75, 3.05) is 0 Å². The largest absolute Gasteiger partial charge is 0.456 e. The number of rotatable bonds is 5. The van der Waals surface area contributed by atoms with Gasteiger partial charge in [0.05, 0.1) is 11.7 Å². The minimum absolute atomic E-state index is 0.305. The minimum atomic E-state index is -0.703. The van der Waals surface area contributed by atoms with Crippen LogP contribution in [0, 0.1) is 0 Å². The van der Waals surface area contributed by atoms with Crippen molar-refractivity contribution in [3.63, 3.8) is 0 Å². The van der Waals surface area contributed by atoms with Gasteiger partial charge in [0.2, 0.25) is 0 Å². The number of carbonyl (C=O) groups is 1. The zero-order chi connectivity index (χ0) is 15.4. The Kier molecular flexibility index (Phi) is 4.76. The Bertz CT molecular complexity index is 630. The van der Waals surface area contributed by atoms with Crippen LogP contribution in [0.15, 0.2) is 42.5 Å². The summed E-state index contributed by atoms with van der Waals surface area (Å²) in [6, 6.07) is 12.9. The molecule has 0 aliphatic rings. The number of aliphatic hydroxyl groups excluding tert-OH is 1. The Morgan fingerprint density at radius 1 is 1.00 bits per heavy atom. The molecule has 0 saturated carbocycles. The third-order valence-electron chi connectivity index (χ3n) is 3.41. The summed E-state index contributed by atoms with van der Waals surface area (Å²) in [4.78, 5) is 11.2. The second-order valence-electron chi connectivity index (χ2n) is 5.35. The van der Waals surface area contributed by atoms with Crippen LogP contribution in [0.3, 0.4) is 0 Å². The quantitative estimate of drug-likeness (QED) is 0.824. The molecule has 0 spiro atoms. The predicted molar refractivity (Wildman–Crippen MR) is 83.1 cm³/mol. The van der Waals surface area contributed by atoms with E-state index in [-0.39, 0.29) is 0 Å². The molecule has 3 heteroatoms. The zero-order valence-corrected chi connectivity index (χ0v) is 12.5. The van der Waals surface area contributed by atoms with Gasteiger partial charge in [-0.2, -0.15) is 0 Å². The van der Waals surface area contributed by atoms with Crippen LogP contribution in [0.2, 0.25) is 0 Å². The fraction of sp³-hybridized carbons (Fsp3) is 0.278. The highest BCUT2D eigenvalue weighted by Crippen LogP contribution is 2.35. The van der Waals surface area contributed by atoms with E-state index in [0.717, 1.165) is 11.8 Å². The third kappa shape index (κ3) is 3.31. The van der Waals surface area contributed by atoms with Crippen LogP contribution in [0.25, 0.3) is 0 Å². The fourth-order valence-electron chi connectivity index (χ4n) is 2.27. The number of aldehydes is 1. The predicted octanol–water partition coefficient (Wildman–Crippen LogP) is 4.47. The molecule has 1 N–H and O–H groups in total. The van der Waals surface area contributed by atoms with Crippen molar-refractivity contribution in [2.24, 2.45) is 0 Å². The summed E-state index contributed by atoms with van der Waals surface area (Å²) in [5.74, 6) is 1.44. The maximum Gasteiger partial charge on any atom is 0.153 e. The number of para-hydroxylation sites is 2. The summed E-state index contributed by atoms with van der Waals surface area (Å²) >= 11 is 0. The SMILES string of the molecule is CC(C)c1ccccc1Oc1c(C=O)cccc1C(C)O. The van der Waals surface area contributed by atoms with Gasteiger partial charge in [0, 0.05) is 5.56 Å². The molecular formula is C18H20O3. The van der Waals surface area contributed by atoms with E-state index in [1.54, 1.807) is 25.1 Å². The molecule has 0 fully saturated rings. The maximum absolute atomic E-state index is 11.2. The van der Waals surface area contributed by atoms with Gasteiger partial charge in [0.15, 0.2) is 6.29 Å². The number of benzene rings is 2. The fourth-order valence-corrected chi connectivity index (χ4v) is 2.27. The Labute approximate surface area is 125 Å². The van der Waals surface area contributed by atoms with E-state index >= 15 is 0 Å². The highest BCUT2D eigenvalue weighted by atomic mass is 16.5. The molecule has 0 amide bonds. The van der Waals surface area contributed by atoms with Crippen LogP contribution < -0.4 is 4.74 Å². The summed E-state index contributed by atoms with van der Waals surface area (Å²) in [7, 11) is 0.